The first kappa shape index (κ1) is 10.4. The van der Waals surface area contributed by atoms with Crippen LogP contribution in [-0.2, 0) is 14.3 Å². The Morgan fingerprint density at radius 3 is 2.64 bits per heavy atom. The third-order valence-corrected chi connectivity index (χ3v) is 1.08. The maximum atomic E-state index is 10.3. The van der Waals surface area contributed by atoms with Crippen LogP contribution in [0.1, 0.15) is 13.8 Å². The van der Waals surface area contributed by atoms with Crippen molar-refractivity contribution in [2.45, 2.75) is 20.0 Å². The molecule has 1 N–H and O–H groups in total. The van der Waals surface area contributed by atoms with Gasteiger partial charge < -0.3 is 14.6 Å². The molecule has 0 aromatic heterocycles. The van der Waals surface area contributed by atoms with Gasteiger partial charge in [-0.05, 0) is 6.92 Å². The second kappa shape index (κ2) is 6.12. The lowest BCUT2D eigenvalue weighted by atomic mass is 10.4. The molecular weight excluding hydrogens is 148 g/mol. The van der Waals surface area contributed by atoms with Gasteiger partial charge in [-0.3, -0.25) is 4.79 Å². The van der Waals surface area contributed by atoms with Gasteiger partial charge in [-0.2, -0.15) is 0 Å². The summed E-state index contributed by atoms with van der Waals surface area (Å²) in [6.07, 6.45) is -0.385. The molecule has 0 aliphatic rings. The highest BCUT2D eigenvalue weighted by molar-refractivity contribution is 5.65. The Labute approximate surface area is 66.1 Å². The average Bonchev–Trinajstić information content (AvgIpc) is 1.97. The monoisotopic (exact) mass is 162 g/mol. The number of ether oxygens (including phenoxy) is 2. The highest BCUT2D eigenvalue weighted by atomic mass is 16.6. The second-order valence-corrected chi connectivity index (χ2v) is 2.06. The number of aliphatic hydroxyl groups is 1. The summed E-state index contributed by atoms with van der Waals surface area (Å²) in [5.41, 5.74) is 0. The summed E-state index contributed by atoms with van der Waals surface area (Å²) in [5, 5.41) is 8.65. The molecule has 66 valence electrons. The molecule has 0 saturated heterocycles. The van der Waals surface area contributed by atoms with Crippen LogP contribution in [0.4, 0.5) is 0 Å². The van der Waals surface area contributed by atoms with Crippen LogP contribution >= 0.6 is 0 Å². The first-order valence-corrected chi connectivity index (χ1v) is 3.56. The predicted molar refractivity (Wildman–Crippen MR) is 39.1 cm³/mol. The van der Waals surface area contributed by atoms with Crippen molar-refractivity contribution in [2.24, 2.45) is 0 Å². The maximum Gasteiger partial charge on any atom is 0.302 e. The molecule has 0 aliphatic carbocycles. The van der Waals surface area contributed by atoms with E-state index in [0.717, 1.165) is 0 Å². The molecule has 4 heteroatoms. The van der Waals surface area contributed by atoms with Crippen molar-refractivity contribution < 1.29 is 19.4 Å². The SMILES string of the molecule is CCO[C@@H](CO)COC(C)=O. The smallest absolute Gasteiger partial charge is 0.302 e. The fraction of sp³-hybridized carbons (Fsp3) is 0.857. The molecule has 0 bridgehead atoms. The van der Waals surface area contributed by atoms with Crippen molar-refractivity contribution >= 4 is 5.97 Å². The van der Waals surface area contributed by atoms with Gasteiger partial charge in [-0.15, -0.1) is 0 Å². The molecule has 0 rings (SSSR count). The van der Waals surface area contributed by atoms with E-state index in [9.17, 15) is 4.79 Å². The van der Waals surface area contributed by atoms with E-state index in [-0.39, 0.29) is 25.3 Å². The Morgan fingerprint density at radius 1 is 1.64 bits per heavy atom. The molecule has 0 aromatic rings. The molecule has 0 amide bonds. The molecule has 0 radical (unpaired) electrons. The first-order chi connectivity index (χ1) is 5.20. The molecule has 0 unspecified atom stereocenters. The number of aliphatic hydroxyl groups excluding tert-OH is 1. The zero-order valence-corrected chi connectivity index (χ0v) is 6.87. The fourth-order valence-corrected chi connectivity index (χ4v) is 0.600. The van der Waals surface area contributed by atoms with Crippen LogP contribution in [0, 0.1) is 0 Å². The van der Waals surface area contributed by atoms with Gasteiger partial charge in [0.25, 0.3) is 0 Å². The van der Waals surface area contributed by atoms with E-state index in [0.29, 0.717) is 6.61 Å². The van der Waals surface area contributed by atoms with Gasteiger partial charge >= 0.3 is 5.97 Å². The number of hydrogen-bond acceptors (Lipinski definition) is 4. The lowest BCUT2D eigenvalue weighted by molar-refractivity contribution is -0.146. The van der Waals surface area contributed by atoms with Crippen molar-refractivity contribution in [1.82, 2.24) is 0 Å². The Bertz CT molecular complexity index is 113. The summed E-state index contributed by atoms with van der Waals surface area (Å²) in [5.74, 6) is -0.358. The second-order valence-electron chi connectivity index (χ2n) is 2.06. The Hall–Kier alpha value is -0.610. The minimum atomic E-state index is -0.385. The van der Waals surface area contributed by atoms with Crippen molar-refractivity contribution in [3.05, 3.63) is 0 Å². The van der Waals surface area contributed by atoms with E-state index in [1.165, 1.54) is 6.92 Å². The lowest BCUT2D eigenvalue weighted by Gasteiger charge is -2.12. The molecule has 0 saturated carbocycles. The van der Waals surface area contributed by atoms with E-state index in [4.69, 9.17) is 9.84 Å². The minimum Gasteiger partial charge on any atom is -0.463 e. The molecule has 0 aromatic carbocycles. The van der Waals surface area contributed by atoms with Gasteiger partial charge in [0.05, 0.1) is 6.61 Å². The fourth-order valence-electron chi connectivity index (χ4n) is 0.600. The Morgan fingerprint density at radius 2 is 2.27 bits per heavy atom. The highest BCUT2D eigenvalue weighted by Crippen LogP contribution is 1.92. The first-order valence-electron chi connectivity index (χ1n) is 3.56. The van der Waals surface area contributed by atoms with Gasteiger partial charge in [0.1, 0.15) is 12.7 Å². The normalized spacial score (nSPS) is 12.6. The minimum absolute atomic E-state index is 0.124. The molecular formula is C7H14O4. The van der Waals surface area contributed by atoms with E-state index in [1.54, 1.807) is 0 Å². The van der Waals surface area contributed by atoms with E-state index < -0.39 is 0 Å². The number of carbonyl (C=O) groups excluding carboxylic acids is 1. The van der Waals surface area contributed by atoms with Crippen LogP contribution in [0.25, 0.3) is 0 Å². The molecule has 1 atom stereocenters. The summed E-state index contributed by atoms with van der Waals surface area (Å²) in [4.78, 5) is 10.3. The summed E-state index contributed by atoms with van der Waals surface area (Å²) < 4.78 is 9.64. The van der Waals surface area contributed by atoms with Crippen molar-refractivity contribution in [2.75, 3.05) is 19.8 Å². The largest absolute Gasteiger partial charge is 0.463 e. The van der Waals surface area contributed by atoms with Crippen molar-refractivity contribution in [3.8, 4) is 0 Å². The molecule has 0 heterocycles. The van der Waals surface area contributed by atoms with Gasteiger partial charge in [-0.25, -0.2) is 0 Å². The van der Waals surface area contributed by atoms with Gasteiger partial charge in [0.15, 0.2) is 0 Å². The quantitative estimate of drug-likeness (QED) is 0.576. The third kappa shape index (κ3) is 5.82. The van der Waals surface area contributed by atoms with E-state index in [2.05, 4.69) is 4.74 Å². The number of carbonyl (C=O) groups is 1. The molecule has 0 aliphatic heterocycles. The maximum absolute atomic E-state index is 10.3. The van der Waals surface area contributed by atoms with Crippen LogP contribution in [-0.4, -0.2) is 37.0 Å². The van der Waals surface area contributed by atoms with Crippen LogP contribution in [0.3, 0.4) is 0 Å². The number of esters is 1. The van der Waals surface area contributed by atoms with Gasteiger partial charge in [-0.1, -0.05) is 0 Å². The summed E-state index contributed by atoms with van der Waals surface area (Å²) >= 11 is 0. The van der Waals surface area contributed by atoms with Gasteiger partial charge in [0.2, 0.25) is 0 Å². The topological polar surface area (TPSA) is 55.8 Å². The average molecular weight is 162 g/mol. The Kier molecular flexibility index (Phi) is 5.78. The molecule has 0 fully saturated rings. The zero-order valence-electron chi connectivity index (χ0n) is 6.87. The van der Waals surface area contributed by atoms with Crippen molar-refractivity contribution in [3.63, 3.8) is 0 Å². The third-order valence-electron chi connectivity index (χ3n) is 1.08. The summed E-state index contributed by atoms with van der Waals surface area (Å²) in [7, 11) is 0. The van der Waals surface area contributed by atoms with Crippen LogP contribution in [0.15, 0.2) is 0 Å². The number of rotatable bonds is 5. The highest BCUT2D eigenvalue weighted by Gasteiger charge is 2.07. The van der Waals surface area contributed by atoms with E-state index >= 15 is 0 Å². The number of hydrogen-bond donors (Lipinski definition) is 1. The zero-order chi connectivity index (χ0) is 8.69. The van der Waals surface area contributed by atoms with Crippen LogP contribution in [0.2, 0.25) is 0 Å². The molecule has 4 nitrogen and oxygen atoms in total. The summed E-state index contributed by atoms with van der Waals surface area (Å²) in [6.45, 7) is 3.64. The van der Waals surface area contributed by atoms with Crippen LogP contribution in [0.5, 0.6) is 0 Å². The Balaban J connectivity index is 3.43. The van der Waals surface area contributed by atoms with Gasteiger partial charge in [0, 0.05) is 13.5 Å². The molecule has 0 spiro atoms. The summed E-state index contributed by atoms with van der Waals surface area (Å²) in [6, 6.07) is 0. The predicted octanol–water partition coefficient (Wildman–Crippen LogP) is -0.0531. The van der Waals surface area contributed by atoms with Crippen molar-refractivity contribution in [1.29, 1.82) is 0 Å². The van der Waals surface area contributed by atoms with E-state index in [1.807, 2.05) is 6.92 Å². The lowest BCUT2D eigenvalue weighted by Crippen LogP contribution is -2.25. The van der Waals surface area contributed by atoms with Crippen LogP contribution < -0.4 is 0 Å². The standard InChI is InChI=1S/C7H14O4/c1-3-10-7(4-8)5-11-6(2)9/h7-8H,3-5H2,1-2H3/t7-/m0/s1. The molecule has 11 heavy (non-hydrogen) atoms.